The lowest BCUT2D eigenvalue weighted by Crippen LogP contribution is -2.17. The number of hydrogen-bond donors (Lipinski definition) is 1. The second-order valence-corrected chi connectivity index (χ2v) is 8.50. The fourth-order valence-corrected chi connectivity index (χ4v) is 2.97. The van der Waals surface area contributed by atoms with Gasteiger partial charge in [-0.05, 0) is 34.6 Å². The number of hydrogen-bond acceptors (Lipinski definition) is 4. The first kappa shape index (κ1) is 16.8. The van der Waals surface area contributed by atoms with Crippen LogP contribution in [-0.4, -0.2) is 17.1 Å². The molecule has 0 spiro atoms. The van der Waals surface area contributed by atoms with Crippen LogP contribution in [-0.2, 0) is 15.6 Å². The number of allylic oxidation sites excluding steroid dienone is 1. The first-order valence-electron chi connectivity index (χ1n) is 7.34. The molecule has 1 heterocycles. The number of carbonyl (C=O) groups is 1. The second-order valence-electron chi connectivity index (χ2n) is 7.66. The van der Waals surface area contributed by atoms with Gasteiger partial charge in [-0.1, -0.05) is 41.5 Å². The van der Waals surface area contributed by atoms with Gasteiger partial charge in [-0.25, -0.2) is 4.40 Å². The van der Waals surface area contributed by atoms with Gasteiger partial charge < -0.3 is 5.11 Å². The van der Waals surface area contributed by atoms with Crippen molar-refractivity contribution in [1.82, 2.24) is 0 Å². The zero-order valence-corrected chi connectivity index (χ0v) is 14.8. The van der Waals surface area contributed by atoms with E-state index in [0.717, 1.165) is 16.7 Å². The number of carbonyl (C=O) groups excluding carboxylic acids is 1. The topological polar surface area (TPSA) is 49.7 Å². The third-order valence-corrected chi connectivity index (χ3v) is 4.34. The van der Waals surface area contributed by atoms with Gasteiger partial charge in [0, 0.05) is 23.1 Å². The van der Waals surface area contributed by atoms with Crippen LogP contribution in [0.1, 0.15) is 58.2 Å². The van der Waals surface area contributed by atoms with E-state index in [1.165, 1.54) is 18.2 Å². The standard InChI is InChI=1S/C18H23NO2S/c1-17(2,3)12-7-11(9-15-14(20)10-19-22-15)8-13(16(12)21)18(4,5)6/h7-10,21H,1-6H3/b15-9-. The van der Waals surface area contributed by atoms with E-state index in [1.54, 1.807) is 0 Å². The highest BCUT2D eigenvalue weighted by molar-refractivity contribution is 8.03. The molecular formula is C18H23NO2S. The van der Waals surface area contributed by atoms with Gasteiger partial charge in [0.25, 0.3) is 0 Å². The predicted octanol–water partition coefficient (Wildman–Crippen LogP) is 4.63. The van der Waals surface area contributed by atoms with Crippen LogP contribution in [0.5, 0.6) is 5.75 Å². The molecule has 0 aromatic heterocycles. The average Bonchev–Trinajstić information content (AvgIpc) is 2.74. The number of rotatable bonds is 1. The highest BCUT2D eigenvalue weighted by Crippen LogP contribution is 2.40. The first-order valence-corrected chi connectivity index (χ1v) is 8.12. The maximum absolute atomic E-state index is 11.7. The summed E-state index contributed by atoms with van der Waals surface area (Å²) in [7, 11) is 0. The molecule has 22 heavy (non-hydrogen) atoms. The van der Waals surface area contributed by atoms with E-state index >= 15 is 0 Å². The number of Topliss-reactive ketones (excluding diaryl/α,β-unsaturated/α-hetero) is 1. The van der Waals surface area contributed by atoms with Gasteiger partial charge in [0.15, 0.2) is 0 Å². The summed E-state index contributed by atoms with van der Waals surface area (Å²) >= 11 is 1.19. The Bertz CT molecular complexity index is 638. The summed E-state index contributed by atoms with van der Waals surface area (Å²) < 4.78 is 3.93. The molecule has 0 fully saturated rings. The molecule has 0 radical (unpaired) electrons. The minimum absolute atomic E-state index is 0.0623. The van der Waals surface area contributed by atoms with Crippen LogP contribution in [0, 0.1) is 0 Å². The summed E-state index contributed by atoms with van der Waals surface area (Å²) in [6.07, 6.45) is 3.19. The van der Waals surface area contributed by atoms with E-state index in [2.05, 4.69) is 45.9 Å². The number of benzene rings is 1. The molecule has 1 N–H and O–H groups in total. The summed E-state index contributed by atoms with van der Waals surface area (Å²) in [5, 5.41) is 10.7. The normalized spacial score (nSPS) is 17.5. The largest absolute Gasteiger partial charge is 0.507 e. The second kappa shape index (κ2) is 5.58. The average molecular weight is 317 g/mol. The van der Waals surface area contributed by atoms with Crippen LogP contribution in [0.25, 0.3) is 6.08 Å². The molecule has 0 atom stereocenters. The smallest absolute Gasteiger partial charge is 0.212 e. The SMILES string of the molecule is CC(C)(C)c1cc(/C=C2\SN=CC2=O)cc(C(C)(C)C)c1O. The number of phenolic OH excluding ortho intramolecular Hbond substituents is 1. The summed E-state index contributed by atoms with van der Waals surface area (Å²) in [5.41, 5.74) is 2.35. The molecule has 1 aliphatic heterocycles. The Labute approximate surface area is 136 Å². The molecule has 0 saturated carbocycles. The Kier molecular flexibility index (Phi) is 4.26. The number of nitrogens with zero attached hydrogens (tertiary/aromatic N) is 1. The van der Waals surface area contributed by atoms with Crippen molar-refractivity contribution in [1.29, 1.82) is 0 Å². The van der Waals surface area contributed by atoms with E-state index in [0.29, 0.717) is 10.7 Å². The minimum Gasteiger partial charge on any atom is -0.507 e. The molecule has 0 aliphatic carbocycles. The van der Waals surface area contributed by atoms with Gasteiger partial charge in [0.1, 0.15) is 5.75 Å². The Hall–Kier alpha value is -1.55. The highest BCUT2D eigenvalue weighted by atomic mass is 32.2. The molecule has 0 unspecified atom stereocenters. The first-order chi connectivity index (χ1) is 10.00. The van der Waals surface area contributed by atoms with E-state index in [4.69, 9.17) is 0 Å². The Morgan fingerprint density at radius 1 is 1.05 bits per heavy atom. The molecule has 118 valence electrons. The lowest BCUT2D eigenvalue weighted by Gasteiger charge is -2.28. The van der Waals surface area contributed by atoms with E-state index in [1.807, 2.05) is 18.2 Å². The molecule has 0 bridgehead atoms. The quantitative estimate of drug-likeness (QED) is 0.607. The molecule has 1 aliphatic rings. The fraction of sp³-hybridized carbons (Fsp3) is 0.444. The van der Waals surface area contributed by atoms with Crippen molar-refractivity contribution in [2.45, 2.75) is 52.4 Å². The van der Waals surface area contributed by atoms with Crippen LogP contribution in [0.2, 0.25) is 0 Å². The van der Waals surface area contributed by atoms with Gasteiger partial charge in [-0.2, -0.15) is 0 Å². The number of aromatic hydroxyl groups is 1. The monoisotopic (exact) mass is 317 g/mol. The van der Waals surface area contributed by atoms with Crippen LogP contribution in [0.3, 0.4) is 0 Å². The minimum atomic E-state index is -0.179. The Morgan fingerprint density at radius 3 is 1.91 bits per heavy atom. The maximum Gasteiger partial charge on any atom is 0.212 e. The van der Waals surface area contributed by atoms with E-state index in [9.17, 15) is 9.90 Å². The third-order valence-electron chi connectivity index (χ3n) is 3.61. The molecule has 1 aromatic carbocycles. The van der Waals surface area contributed by atoms with Crippen molar-refractivity contribution in [3.63, 3.8) is 0 Å². The summed E-state index contributed by atoms with van der Waals surface area (Å²) in [6.45, 7) is 12.4. The van der Waals surface area contributed by atoms with Crippen LogP contribution < -0.4 is 0 Å². The number of phenols is 1. The molecule has 3 nitrogen and oxygen atoms in total. The highest BCUT2D eigenvalue weighted by Gasteiger charge is 2.26. The van der Waals surface area contributed by atoms with Crippen molar-refractivity contribution in [3.8, 4) is 5.75 Å². The summed E-state index contributed by atoms with van der Waals surface area (Å²) in [5.74, 6) is 0.288. The Morgan fingerprint density at radius 2 is 1.55 bits per heavy atom. The van der Waals surface area contributed by atoms with Crippen LogP contribution in [0.15, 0.2) is 21.4 Å². The van der Waals surface area contributed by atoms with Crippen molar-refractivity contribution >= 4 is 30.0 Å². The lowest BCUT2D eigenvalue weighted by molar-refractivity contribution is -0.108. The van der Waals surface area contributed by atoms with Gasteiger partial charge in [-0.15, -0.1) is 0 Å². The molecule has 1 aromatic rings. The third kappa shape index (κ3) is 3.43. The van der Waals surface area contributed by atoms with Crippen molar-refractivity contribution < 1.29 is 9.90 Å². The van der Waals surface area contributed by atoms with Crippen LogP contribution in [0.4, 0.5) is 0 Å². The predicted molar refractivity (Wildman–Crippen MR) is 94.6 cm³/mol. The lowest BCUT2D eigenvalue weighted by atomic mass is 9.78. The molecule has 0 amide bonds. The molecule has 4 heteroatoms. The molecule has 2 rings (SSSR count). The Balaban J connectivity index is 2.63. The van der Waals surface area contributed by atoms with Crippen molar-refractivity contribution in [2.75, 3.05) is 0 Å². The zero-order chi connectivity index (χ0) is 16.7. The fourth-order valence-electron chi connectivity index (χ4n) is 2.37. The van der Waals surface area contributed by atoms with Gasteiger partial charge in [0.2, 0.25) is 5.78 Å². The van der Waals surface area contributed by atoms with Gasteiger partial charge >= 0.3 is 0 Å². The summed E-state index contributed by atoms with van der Waals surface area (Å²) in [4.78, 5) is 12.3. The van der Waals surface area contributed by atoms with E-state index < -0.39 is 0 Å². The maximum atomic E-state index is 11.7. The van der Waals surface area contributed by atoms with E-state index in [-0.39, 0.29) is 16.6 Å². The van der Waals surface area contributed by atoms with Crippen molar-refractivity contribution in [3.05, 3.63) is 33.7 Å². The zero-order valence-electron chi connectivity index (χ0n) is 14.0. The van der Waals surface area contributed by atoms with Gasteiger partial charge in [0.05, 0.1) is 11.1 Å². The van der Waals surface area contributed by atoms with Gasteiger partial charge in [-0.3, -0.25) is 4.79 Å². The molecular weight excluding hydrogens is 294 g/mol. The van der Waals surface area contributed by atoms with Crippen LogP contribution >= 0.6 is 11.9 Å². The summed E-state index contributed by atoms with van der Waals surface area (Å²) in [6, 6.07) is 3.92. The van der Waals surface area contributed by atoms with Crippen molar-refractivity contribution in [2.24, 2.45) is 4.40 Å². The molecule has 0 saturated heterocycles. The number of ketones is 1.